The maximum atomic E-state index is 13.3. The summed E-state index contributed by atoms with van der Waals surface area (Å²) in [6.07, 6.45) is 0.441. The van der Waals surface area contributed by atoms with Gasteiger partial charge in [-0.05, 0) is 67.3 Å². The van der Waals surface area contributed by atoms with Crippen LogP contribution >= 0.6 is 11.6 Å². The average molecular weight is 504 g/mol. The van der Waals surface area contributed by atoms with E-state index in [2.05, 4.69) is 10.6 Å². The highest BCUT2D eigenvalue weighted by atomic mass is 35.5. The summed E-state index contributed by atoms with van der Waals surface area (Å²) in [5.74, 6) is -0.509. The van der Waals surface area contributed by atoms with Gasteiger partial charge in [0.25, 0.3) is 5.91 Å². The summed E-state index contributed by atoms with van der Waals surface area (Å²) in [4.78, 5) is 40.4. The second kappa shape index (κ2) is 10.0. The van der Waals surface area contributed by atoms with Crippen molar-refractivity contribution in [3.05, 3.63) is 100 Å². The van der Waals surface area contributed by atoms with Gasteiger partial charge in [-0.25, -0.2) is 4.79 Å². The van der Waals surface area contributed by atoms with E-state index < -0.39 is 18.2 Å². The van der Waals surface area contributed by atoms with Crippen LogP contribution < -0.4 is 10.6 Å². The van der Waals surface area contributed by atoms with Crippen LogP contribution in [0.3, 0.4) is 0 Å². The monoisotopic (exact) mass is 503 g/mol. The van der Waals surface area contributed by atoms with Gasteiger partial charge in [0, 0.05) is 22.3 Å². The minimum Gasteiger partial charge on any atom is -0.438 e. The Morgan fingerprint density at radius 2 is 1.78 bits per heavy atom. The number of halogens is 1. The van der Waals surface area contributed by atoms with Gasteiger partial charge >= 0.3 is 6.09 Å². The number of amides is 3. The molecule has 5 rings (SSSR count). The Balaban J connectivity index is 1.40. The number of cyclic esters (lactones) is 1. The van der Waals surface area contributed by atoms with Crippen LogP contribution in [0.15, 0.2) is 72.8 Å². The molecule has 2 atom stereocenters. The molecule has 8 heteroatoms. The van der Waals surface area contributed by atoms with Gasteiger partial charge < -0.3 is 15.4 Å². The highest BCUT2D eigenvalue weighted by molar-refractivity contribution is 6.30. The summed E-state index contributed by atoms with van der Waals surface area (Å²) in [7, 11) is 0. The Bertz CT molecular complexity index is 1310. The molecule has 0 bridgehead atoms. The number of nitrogens with zero attached hydrogens (tertiary/aromatic N) is 1. The fraction of sp³-hybridized carbons (Fsp3) is 0.250. The Kier molecular flexibility index (Phi) is 6.65. The summed E-state index contributed by atoms with van der Waals surface area (Å²) in [6.45, 7) is 2.14. The van der Waals surface area contributed by atoms with Crippen LogP contribution in [0.2, 0.25) is 5.02 Å². The third kappa shape index (κ3) is 5.36. The highest BCUT2D eigenvalue weighted by Crippen LogP contribution is 2.36. The molecule has 0 aromatic heterocycles. The molecule has 2 N–H and O–H groups in total. The fourth-order valence-corrected chi connectivity index (χ4v) is 4.47. The first-order valence-electron chi connectivity index (χ1n) is 11.9. The van der Waals surface area contributed by atoms with E-state index >= 15 is 0 Å². The van der Waals surface area contributed by atoms with Gasteiger partial charge in [-0.3, -0.25) is 14.5 Å². The summed E-state index contributed by atoms with van der Waals surface area (Å²) < 4.78 is 5.74. The molecule has 3 aromatic carbocycles. The van der Waals surface area contributed by atoms with E-state index in [1.165, 1.54) is 4.90 Å². The van der Waals surface area contributed by atoms with Crippen LogP contribution in [0.5, 0.6) is 0 Å². The number of hydrogen-bond donors (Lipinski definition) is 2. The lowest BCUT2D eigenvalue weighted by Crippen LogP contribution is -2.46. The molecule has 1 saturated carbocycles. The molecule has 0 spiro atoms. The summed E-state index contributed by atoms with van der Waals surface area (Å²) in [6, 6.07) is 20.8. The van der Waals surface area contributed by atoms with Crippen LogP contribution in [0.25, 0.3) is 0 Å². The second-order valence-corrected chi connectivity index (χ2v) is 9.67. The number of benzene rings is 3. The maximum Gasteiger partial charge on any atom is 0.411 e. The standard InChI is InChI=1S/C28H26ClN3O4/c1-17-8-10-19(11-9-17)26(33)31-23-7-3-5-20(15-23)25-24(27(34)30-22-12-13-22)32(28(35)36-25)16-18-4-2-6-21(29)14-18/h2-11,14-15,22,24-25H,12-13,16H2,1H3,(H,30,34)(H,31,33)/t24-,25+/m0/s1. The average Bonchev–Trinajstić information content (AvgIpc) is 3.61. The number of nitrogens with one attached hydrogen (secondary N) is 2. The molecule has 7 nitrogen and oxygen atoms in total. The molecular formula is C28H26ClN3O4. The second-order valence-electron chi connectivity index (χ2n) is 9.24. The van der Waals surface area contributed by atoms with Crippen molar-refractivity contribution >= 4 is 35.2 Å². The van der Waals surface area contributed by atoms with E-state index in [0.29, 0.717) is 21.8 Å². The summed E-state index contributed by atoms with van der Waals surface area (Å²) in [5.41, 5.74) is 3.56. The van der Waals surface area contributed by atoms with Crippen LogP contribution in [0.1, 0.15) is 46.0 Å². The first-order valence-corrected chi connectivity index (χ1v) is 12.3. The topological polar surface area (TPSA) is 87.7 Å². The van der Waals surface area contributed by atoms with E-state index in [1.807, 2.05) is 25.1 Å². The molecule has 2 aliphatic rings. The van der Waals surface area contributed by atoms with Crippen molar-refractivity contribution in [1.82, 2.24) is 10.2 Å². The van der Waals surface area contributed by atoms with Gasteiger partial charge in [-0.1, -0.05) is 53.6 Å². The first-order chi connectivity index (χ1) is 17.4. The number of aryl methyl sites for hydroxylation is 1. The normalized spacial score (nSPS) is 19.1. The van der Waals surface area contributed by atoms with Gasteiger partial charge in [0.1, 0.15) is 0 Å². The van der Waals surface area contributed by atoms with E-state index in [0.717, 1.165) is 24.0 Å². The van der Waals surface area contributed by atoms with Gasteiger partial charge in [0.05, 0.1) is 6.54 Å². The molecule has 3 amide bonds. The Hall–Kier alpha value is -3.84. The van der Waals surface area contributed by atoms with E-state index in [1.54, 1.807) is 54.6 Å². The maximum absolute atomic E-state index is 13.3. The van der Waals surface area contributed by atoms with E-state index in [4.69, 9.17) is 16.3 Å². The minimum atomic E-state index is -0.861. The summed E-state index contributed by atoms with van der Waals surface area (Å²) >= 11 is 6.13. The van der Waals surface area contributed by atoms with Crippen molar-refractivity contribution in [1.29, 1.82) is 0 Å². The minimum absolute atomic E-state index is 0.127. The van der Waals surface area contributed by atoms with Crippen LogP contribution in [0, 0.1) is 6.92 Å². The van der Waals surface area contributed by atoms with Gasteiger partial charge in [0.2, 0.25) is 5.91 Å². The lowest BCUT2D eigenvalue weighted by Gasteiger charge is -2.24. The quantitative estimate of drug-likeness (QED) is 0.461. The number of carbonyl (C=O) groups is 3. The van der Waals surface area contributed by atoms with Crippen molar-refractivity contribution in [3.8, 4) is 0 Å². The van der Waals surface area contributed by atoms with E-state index in [-0.39, 0.29) is 24.4 Å². The largest absolute Gasteiger partial charge is 0.438 e. The van der Waals surface area contributed by atoms with Crippen molar-refractivity contribution < 1.29 is 19.1 Å². The molecule has 36 heavy (non-hydrogen) atoms. The molecule has 1 heterocycles. The van der Waals surface area contributed by atoms with Gasteiger partial charge in [0.15, 0.2) is 12.1 Å². The zero-order chi connectivity index (χ0) is 25.2. The molecule has 3 aromatic rings. The van der Waals surface area contributed by atoms with Crippen LogP contribution in [-0.2, 0) is 16.1 Å². The molecular weight excluding hydrogens is 478 g/mol. The number of carbonyl (C=O) groups excluding carboxylic acids is 3. The van der Waals surface area contributed by atoms with Crippen LogP contribution in [-0.4, -0.2) is 34.9 Å². The van der Waals surface area contributed by atoms with E-state index in [9.17, 15) is 14.4 Å². The predicted molar refractivity (Wildman–Crippen MR) is 137 cm³/mol. The first kappa shape index (κ1) is 23.9. The third-order valence-electron chi connectivity index (χ3n) is 6.31. The van der Waals surface area contributed by atoms with Crippen molar-refractivity contribution in [3.63, 3.8) is 0 Å². The lowest BCUT2D eigenvalue weighted by atomic mass is 10.00. The lowest BCUT2D eigenvalue weighted by molar-refractivity contribution is -0.126. The van der Waals surface area contributed by atoms with Crippen molar-refractivity contribution in [2.24, 2.45) is 0 Å². The number of hydrogen-bond acceptors (Lipinski definition) is 4. The molecule has 1 aliphatic carbocycles. The smallest absolute Gasteiger partial charge is 0.411 e. The molecule has 0 radical (unpaired) electrons. The predicted octanol–water partition coefficient (Wildman–Crippen LogP) is 5.24. The zero-order valence-electron chi connectivity index (χ0n) is 19.7. The molecule has 2 fully saturated rings. The summed E-state index contributed by atoms with van der Waals surface area (Å²) in [5, 5.41) is 6.44. The van der Waals surface area contributed by atoms with Crippen LogP contribution in [0.4, 0.5) is 10.5 Å². The molecule has 184 valence electrons. The zero-order valence-corrected chi connectivity index (χ0v) is 20.5. The SMILES string of the molecule is Cc1ccc(C(=O)Nc2cccc([C@H]3OC(=O)N(Cc4cccc(Cl)c4)[C@@H]3C(=O)NC3CC3)c2)cc1. The van der Waals surface area contributed by atoms with Crippen molar-refractivity contribution in [2.45, 2.75) is 44.5 Å². The number of ether oxygens (including phenoxy) is 1. The molecule has 1 saturated heterocycles. The highest BCUT2D eigenvalue weighted by Gasteiger charge is 2.48. The Morgan fingerprint density at radius 3 is 2.50 bits per heavy atom. The number of anilines is 1. The Morgan fingerprint density at radius 1 is 1.03 bits per heavy atom. The fourth-order valence-electron chi connectivity index (χ4n) is 4.26. The third-order valence-corrected chi connectivity index (χ3v) is 6.54. The van der Waals surface area contributed by atoms with Gasteiger partial charge in [-0.2, -0.15) is 0 Å². The van der Waals surface area contributed by atoms with Gasteiger partial charge in [-0.15, -0.1) is 0 Å². The Labute approximate surface area is 214 Å². The molecule has 0 unspecified atom stereocenters. The number of rotatable bonds is 7. The van der Waals surface area contributed by atoms with Crippen molar-refractivity contribution in [2.75, 3.05) is 5.32 Å². The molecule has 1 aliphatic heterocycles.